The van der Waals surface area contributed by atoms with Gasteiger partial charge < -0.3 is 29.6 Å². The molecule has 41 heavy (non-hydrogen) atoms. The van der Waals surface area contributed by atoms with Crippen LogP contribution in [-0.4, -0.2) is 59.7 Å². The van der Waals surface area contributed by atoms with E-state index in [4.69, 9.17) is 9.47 Å². The summed E-state index contributed by atoms with van der Waals surface area (Å²) in [4.78, 5) is 3.75. The van der Waals surface area contributed by atoms with Gasteiger partial charge in [0.15, 0.2) is 5.79 Å². The molecule has 3 fully saturated rings. The molecule has 1 saturated heterocycles. The second kappa shape index (κ2) is 19.2. The Morgan fingerprint density at radius 1 is 0.927 bits per heavy atom. The summed E-state index contributed by atoms with van der Waals surface area (Å²) < 4.78 is 12.2. The Morgan fingerprint density at radius 3 is 2.07 bits per heavy atom. The summed E-state index contributed by atoms with van der Waals surface area (Å²) >= 11 is 0. The van der Waals surface area contributed by atoms with Gasteiger partial charge in [-0.1, -0.05) is 67.7 Å². The highest BCUT2D eigenvalue weighted by Crippen LogP contribution is 2.48. The third-order valence-corrected chi connectivity index (χ3v) is 10.7. The average Bonchev–Trinajstić information content (AvgIpc) is 3.11. The standard InChI is InChI=1S/C31H58O5.C2H6.CH5NO/c1-8-9-21(4)35-17-24-16-19(2)10-12-26(24)22(5)29(32)30(33)23(6)27-13-11-20(3)25-14-15-31(7,34)36-18-28(25)27;1-2;1-3-2/h19-30,32-34H,8-18H2,1-7H3;1-2H3;2H2,1H3/t19-,20-,21?,22?,23?,24?,25?,26+,27+,28?,29?,30?,31+;;/m1../s1. The normalized spacial score (nSPS) is 37.5. The van der Waals surface area contributed by atoms with E-state index in [0.29, 0.717) is 54.5 Å². The molecule has 0 radical (unpaired) electrons. The molecule has 1 heterocycles. The maximum atomic E-state index is 11.5. The van der Waals surface area contributed by atoms with E-state index in [9.17, 15) is 15.3 Å². The lowest BCUT2D eigenvalue weighted by Gasteiger charge is -2.46. The van der Waals surface area contributed by atoms with Crippen LogP contribution in [0.1, 0.15) is 120 Å². The number of rotatable bonds is 10. The molecule has 13 atom stereocenters. The first-order valence-corrected chi connectivity index (χ1v) is 16.9. The van der Waals surface area contributed by atoms with Crippen LogP contribution in [0.3, 0.4) is 0 Å². The van der Waals surface area contributed by atoms with E-state index in [1.807, 2.05) is 13.8 Å². The summed E-state index contributed by atoms with van der Waals surface area (Å²) in [6.07, 6.45) is 8.30. The van der Waals surface area contributed by atoms with Gasteiger partial charge in [0.2, 0.25) is 0 Å². The summed E-state index contributed by atoms with van der Waals surface area (Å²) in [7, 11) is 1.40. The topological polar surface area (TPSA) is 114 Å². The third kappa shape index (κ3) is 11.6. The van der Waals surface area contributed by atoms with Crippen molar-refractivity contribution < 1.29 is 29.6 Å². The summed E-state index contributed by atoms with van der Waals surface area (Å²) in [5.74, 6) is 6.58. The fraction of sp³-hybridized carbons (Fsp3) is 1.00. The lowest BCUT2D eigenvalue weighted by molar-refractivity contribution is -0.198. The number of aliphatic hydroxyl groups excluding tert-OH is 2. The van der Waals surface area contributed by atoms with Gasteiger partial charge >= 0.3 is 0 Å². The number of aliphatic hydroxyl groups is 3. The minimum absolute atomic E-state index is 0.00381. The van der Waals surface area contributed by atoms with Crippen LogP contribution in [0.15, 0.2) is 0 Å². The van der Waals surface area contributed by atoms with Crippen molar-refractivity contribution in [2.45, 2.75) is 144 Å². The van der Waals surface area contributed by atoms with E-state index in [1.54, 1.807) is 6.92 Å². The Bertz CT molecular complexity index is 678. The zero-order valence-electron chi connectivity index (χ0n) is 28.4. The lowest BCUT2D eigenvalue weighted by Crippen LogP contribution is -2.48. The summed E-state index contributed by atoms with van der Waals surface area (Å²) in [5, 5.41) is 33.6. The van der Waals surface area contributed by atoms with Gasteiger partial charge in [0, 0.05) is 6.42 Å². The number of hydrogen-bond acceptors (Lipinski definition) is 7. The zero-order chi connectivity index (χ0) is 31.3. The summed E-state index contributed by atoms with van der Waals surface area (Å²) in [6.45, 7) is 20.4. The van der Waals surface area contributed by atoms with Gasteiger partial charge in [-0.3, -0.25) is 0 Å². The van der Waals surface area contributed by atoms with Gasteiger partial charge in [0.1, 0.15) is 0 Å². The SMILES string of the molecule is CC.CCCC(C)OCC1C[C@H](C)CC[C@H]1C(C)C(O)C(O)C(C)[C@@H]1CC[C@@H](C)C2CC[C@@](C)(O)OCC21.CON. The van der Waals surface area contributed by atoms with Crippen molar-refractivity contribution in [3.63, 3.8) is 0 Å². The van der Waals surface area contributed by atoms with Crippen LogP contribution >= 0.6 is 0 Å². The Labute approximate surface area is 253 Å². The molecule has 0 aromatic heterocycles. The quantitative estimate of drug-likeness (QED) is 0.214. The second-order valence-corrected chi connectivity index (χ2v) is 13.8. The smallest absolute Gasteiger partial charge is 0.162 e. The van der Waals surface area contributed by atoms with Crippen LogP contribution in [-0.2, 0) is 14.3 Å². The number of hydrogen-bond donors (Lipinski definition) is 4. The highest BCUT2D eigenvalue weighted by atomic mass is 16.6. The maximum absolute atomic E-state index is 11.5. The van der Waals surface area contributed by atoms with Crippen LogP contribution in [0, 0.1) is 53.3 Å². The first kappa shape index (κ1) is 38.7. The fourth-order valence-electron chi connectivity index (χ4n) is 8.12. The molecule has 0 amide bonds. The molecular formula is C34H69NO6. The summed E-state index contributed by atoms with van der Waals surface area (Å²) in [6, 6.07) is 0. The predicted molar refractivity (Wildman–Crippen MR) is 168 cm³/mol. The number of ether oxygens (including phenoxy) is 2. The Balaban J connectivity index is 0.00000157. The lowest BCUT2D eigenvalue weighted by atomic mass is 9.61. The minimum Gasteiger partial charge on any atom is -0.390 e. The van der Waals surface area contributed by atoms with Gasteiger partial charge in [0.25, 0.3) is 0 Å². The van der Waals surface area contributed by atoms with E-state index >= 15 is 0 Å². The largest absolute Gasteiger partial charge is 0.390 e. The molecule has 7 heteroatoms. The van der Waals surface area contributed by atoms with Gasteiger partial charge in [-0.25, -0.2) is 5.90 Å². The molecular weight excluding hydrogens is 518 g/mol. The minimum atomic E-state index is -1.05. The first-order chi connectivity index (χ1) is 19.4. The molecule has 0 aromatic carbocycles. The second-order valence-electron chi connectivity index (χ2n) is 13.8. The number of nitrogens with two attached hydrogens (primary N) is 1. The molecule has 7 nitrogen and oxygen atoms in total. The van der Waals surface area contributed by atoms with Gasteiger partial charge in [-0.15, -0.1) is 0 Å². The van der Waals surface area contributed by atoms with Crippen LogP contribution in [0.5, 0.6) is 0 Å². The van der Waals surface area contributed by atoms with Gasteiger partial charge in [-0.05, 0) is 99.2 Å². The van der Waals surface area contributed by atoms with E-state index in [0.717, 1.165) is 51.6 Å². The fourth-order valence-corrected chi connectivity index (χ4v) is 8.12. The molecule has 8 unspecified atom stereocenters. The molecule has 0 aromatic rings. The number of fused-ring (bicyclic) bond motifs is 1. The molecule has 5 N–H and O–H groups in total. The molecule has 0 bridgehead atoms. The van der Waals surface area contributed by atoms with E-state index in [2.05, 4.69) is 52.3 Å². The molecule has 3 rings (SSSR count). The molecule has 0 spiro atoms. The predicted octanol–water partition coefficient (Wildman–Crippen LogP) is 6.57. The third-order valence-electron chi connectivity index (χ3n) is 10.7. The average molecular weight is 588 g/mol. The molecule has 1 aliphatic heterocycles. The van der Waals surface area contributed by atoms with E-state index in [-0.39, 0.29) is 17.9 Å². The van der Waals surface area contributed by atoms with E-state index < -0.39 is 18.0 Å². The monoisotopic (exact) mass is 588 g/mol. The molecule has 2 aliphatic carbocycles. The van der Waals surface area contributed by atoms with Crippen molar-refractivity contribution in [1.82, 2.24) is 0 Å². The van der Waals surface area contributed by atoms with Crippen molar-refractivity contribution in [1.29, 1.82) is 0 Å². The Kier molecular flexibility index (Phi) is 18.1. The van der Waals surface area contributed by atoms with Gasteiger partial charge in [0.05, 0.1) is 38.6 Å². The van der Waals surface area contributed by atoms with Crippen LogP contribution < -0.4 is 5.90 Å². The van der Waals surface area contributed by atoms with Crippen LogP contribution in [0.4, 0.5) is 0 Å². The molecule has 246 valence electrons. The van der Waals surface area contributed by atoms with Crippen molar-refractivity contribution >= 4 is 0 Å². The summed E-state index contributed by atoms with van der Waals surface area (Å²) in [5.41, 5.74) is 0. The molecule has 2 saturated carbocycles. The zero-order valence-corrected chi connectivity index (χ0v) is 28.4. The van der Waals surface area contributed by atoms with Crippen molar-refractivity contribution in [2.75, 3.05) is 20.3 Å². The van der Waals surface area contributed by atoms with Crippen molar-refractivity contribution in [3.05, 3.63) is 0 Å². The van der Waals surface area contributed by atoms with Crippen molar-refractivity contribution in [3.8, 4) is 0 Å². The maximum Gasteiger partial charge on any atom is 0.162 e. The van der Waals surface area contributed by atoms with Crippen LogP contribution in [0.25, 0.3) is 0 Å². The first-order valence-electron chi connectivity index (χ1n) is 16.9. The highest BCUT2D eigenvalue weighted by Gasteiger charge is 2.47. The van der Waals surface area contributed by atoms with Gasteiger partial charge in [-0.2, -0.15) is 0 Å². The Morgan fingerprint density at radius 2 is 1.49 bits per heavy atom. The Hall–Kier alpha value is -0.280. The highest BCUT2D eigenvalue weighted by molar-refractivity contribution is 4.95. The van der Waals surface area contributed by atoms with Crippen LogP contribution in [0.2, 0.25) is 0 Å². The van der Waals surface area contributed by atoms with E-state index in [1.165, 1.54) is 13.5 Å². The molecule has 3 aliphatic rings. The van der Waals surface area contributed by atoms with Crippen molar-refractivity contribution in [2.24, 2.45) is 59.2 Å².